The molecule has 3 heteroatoms. The van der Waals surface area contributed by atoms with Crippen molar-refractivity contribution in [2.75, 3.05) is 26.2 Å². The Morgan fingerprint density at radius 2 is 1.72 bits per heavy atom. The van der Waals surface area contributed by atoms with Gasteiger partial charge in [0.05, 0.1) is 6.17 Å². The molecule has 0 amide bonds. The monoisotopic (exact) mass is 339 g/mol. The fourth-order valence-corrected chi connectivity index (χ4v) is 4.02. The van der Waals surface area contributed by atoms with Gasteiger partial charge in [-0.05, 0) is 47.4 Å². The minimum atomic E-state index is 0.223. The largest absolute Gasteiger partial charge is 0.316 e. The highest BCUT2D eigenvalue weighted by Crippen LogP contribution is 2.28. The molecule has 3 atom stereocenters. The van der Waals surface area contributed by atoms with Crippen molar-refractivity contribution < 1.29 is 0 Å². The van der Waals surface area contributed by atoms with Gasteiger partial charge in [0.1, 0.15) is 0 Å². The topological polar surface area (TPSA) is 41.3 Å². The van der Waals surface area contributed by atoms with Crippen LogP contribution in [0.5, 0.6) is 0 Å². The molecule has 2 aromatic rings. The van der Waals surface area contributed by atoms with Crippen LogP contribution in [0.2, 0.25) is 0 Å². The van der Waals surface area contributed by atoms with E-state index < -0.39 is 0 Å². The van der Waals surface area contributed by atoms with Gasteiger partial charge in [-0.3, -0.25) is 4.90 Å². The van der Waals surface area contributed by atoms with Crippen LogP contribution in [0.3, 0.4) is 0 Å². The van der Waals surface area contributed by atoms with E-state index in [-0.39, 0.29) is 6.17 Å². The first-order valence-electron chi connectivity index (χ1n) is 9.82. The smallest absolute Gasteiger partial charge is 0.0572 e. The number of benzene rings is 2. The van der Waals surface area contributed by atoms with Gasteiger partial charge in [0.15, 0.2) is 0 Å². The Morgan fingerprint density at radius 3 is 2.48 bits per heavy atom. The molecule has 3 unspecified atom stereocenters. The van der Waals surface area contributed by atoms with Crippen molar-refractivity contribution in [1.82, 2.24) is 10.2 Å². The lowest BCUT2D eigenvalue weighted by molar-refractivity contribution is 0.161. The number of nitrogens with zero attached hydrogens (tertiary/aromatic N) is 1. The van der Waals surface area contributed by atoms with E-state index in [4.69, 9.17) is 5.73 Å². The average molecular weight is 340 g/mol. The van der Waals surface area contributed by atoms with Crippen LogP contribution in [0.15, 0.2) is 42.5 Å². The van der Waals surface area contributed by atoms with Crippen LogP contribution < -0.4 is 11.1 Å². The Labute approximate surface area is 152 Å². The van der Waals surface area contributed by atoms with E-state index in [1.807, 2.05) is 0 Å². The Kier molecular flexibility index (Phi) is 6.46. The predicted octanol–water partition coefficient (Wildman–Crippen LogP) is 3.94. The van der Waals surface area contributed by atoms with Gasteiger partial charge in [-0.1, -0.05) is 56.3 Å². The predicted molar refractivity (Wildman–Crippen MR) is 108 cm³/mol. The maximum absolute atomic E-state index is 6.40. The molecule has 1 aliphatic heterocycles. The summed E-state index contributed by atoms with van der Waals surface area (Å²) >= 11 is 0. The van der Waals surface area contributed by atoms with Crippen LogP contribution in [0.25, 0.3) is 10.8 Å². The molecule has 0 aromatic heterocycles. The summed E-state index contributed by atoms with van der Waals surface area (Å²) in [5.41, 5.74) is 7.85. The normalized spacial score (nSPS) is 19.6. The van der Waals surface area contributed by atoms with E-state index in [1.165, 1.54) is 29.2 Å². The first-order chi connectivity index (χ1) is 12.1. The third kappa shape index (κ3) is 5.04. The highest BCUT2D eigenvalue weighted by molar-refractivity contribution is 5.83. The molecule has 136 valence electrons. The van der Waals surface area contributed by atoms with Gasteiger partial charge >= 0.3 is 0 Å². The Bertz CT molecular complexity index is 663. The second kappa shape index (κ2) is 8.79. The minimum Gasteiger partial charge on any atom is -0.316 e. The summed E-state index contributed by atoms with van der Waals surface area (Å²) in [5, 5.41) is 6.07. The average Bonchev–Trinajstić information content (AvgIpc) is 2.66. The third-order valence-corrected chi connectivity index (χ3v) is 5.67. The number of fused-ring (bicyclic) bond motifs is 1. The lowest BCUT2D eigenvalue weighted by Gasteiger charge is -2.33. The first kappa shape index (κ1) is 18.4. The minimum absolute atomic E-state index is 0.223. The lowest BCUT2D eigenvalue weighted by Crippen LogP contribution is -2.51. The summed E-state index contributed by atoms with van der Waals surface area (Å²) in [6, 6.07) is 15.5. The molecule has 0 aliphatic carbocycles. The number of nitrogens with one attached hydrogen (secondary N) is 1. The maximum atomic E-state index is 6.40. The van der Waals surface area contributed by atoms with Gasteiger partial charge in [0.25, 0.3) is 0 Å². The van der Waals surface area contributed by atoms with Crippen molar-refractivity contribution in [3.8, 4) is 0 Å². The van der Waals surface area contributed by atoms with Crippen LogP contribution >= 0.6 is 0 Å². The van der Waals surface area contributed by atoms with Crippen molar-refractivity contribution in [2.24, 2.45) is 11.7 Å². The lowest BCUT2D eigenvalue weighted by atomic mass is 9.87. The van der Waals surface area contributed by atoms with E-state index in [2.05, 4.69) is 66.5 Å². The maximum Gasteiger partial charge on any atom is 0.0572 e. The summed E-state index contributed by atoms with van der Waals surface area (Å²) in [6.07, 6.45) is 3.77. The van der Waals surface area contributed by atoms with E-state index >= 15 is 0 Å². The standard InChI is InChI=1S/C22H33N3/c1-17(7-10-22(23)25-13-11-24-12-14-25)15-18(2)20-9-8-19-5-3-4-6-21(19)16-20/h3-6,8-9,16-18,22,24H,7,10-15,23H2,1-2H3. The molecular weight excluding hydrogens is 306 g/mol. The van der Waals surface area contributed by atoms with Crippen LogP contribution in [0.1, 0.15) is 44.6 Å². The zero-order valence-electron chi connectivity index (χ0n) is 15.7. The van der Waals surface area contributed by atoms with Gasteiger partial charge in [0, 0.05) is 26.2 Å². The van der Waals surface area contributed by atoms with Crippen molar-refractivity contribution >= 4 is 10.8 Å². The van der Waals surface area contributed by atoms with Crippen molar-refractivity contribution in [3.63, 3.8) is 0 Å². The van der Waals surface area contributed by atoms with Crippen LogP contribution in [-0.2, 0) is 0 Å². The van der Waals surface area contributed by atoms with Crippen LogP contribution in [0, 0.1) is 5.92 Å². The number of rotatable bonds is 7. The fraction of sp³-hybridized carbons (Fsp3) is 0.545. The molecule has 2 aromatic carbocycles. The molecular formula is C22H33N3. The van der Waals surface area contributed by atoms with E-state index in [1.54, 1.807) is 0 Å². The Morgan fingerprint density at radius 1 is 1.00 bits per heavy atom. The summed E-state index contributed by atoms with van der Waals surface area (Å²) in [4.78, 5) is 2.43. The Balaban J connectivity index is 1.50. The van der Waals surface area contributed by atoms with Gasteiger partial charge in [-0.2, -0.15) is 0 Å². The molecule has 25 heavy (non-hydrogen) atoms. The second-order valence-electron chi connectivity index (χ2n) is 7.78. The number of nitrogens with two attached hydrogens (primary N) is 1. The number of hydrogen-bond acceptors (Lipinski definition) is 3. The molecule has 3 rings (SSSR count). The fourth-order valence-electron chi connectivity index (χ4n) is 4.02. The summed E-state index contributed by atoms with van der Waals surface area (Å²) < 4.78 is 0. The van der Waals surface area contributed by atoms with E-state index in [9.17, 15) is 0 Å². The molecule has 1 fully saturated rings. The highest BCUT2D eigenvalue weighted by Gasteiger charge is 2.18. The molecule has 3 nitrogen and oxygen atoms in total. The van der Waals surface area contributed by atoms with Crippen LogP contribution in [-0.4, -0.2) is 37.2 Å². The van der Waals surface area contributed by atoms with E-state index in [0.29, 0.717) is 11.8 Å². The van der Waals surface area contributed by atoms with Gasteiger partial charge < -0.3 is 11.1 Å². The molecule has 0 saturated carbocycles. The van der Waals surface area contributed by atoms with Gasteiger partial charge in [0.2, 0.25) is 0 Å². The quantitative estimate of drug-likeness (QED) is 0.803. The third-order valence-electron chi connectivity index (χ3n) is 5.67. The van der Waals surface area contributed by atoms with Crippen molar-refractivity contribution in [2.45, 2.75) is 45.2 Å². The van der Waals surface area contributed by atoms with Crippen molar-refractivity contribution in [1.29, 1.82) is 0 Å². The summed E-state index contributed by atoms with van der Waals surface area (Å²) in [7, 11) is 0. The number of hydrogen-bond donors (Lipinski definition) is 2. The Hall–Kier alpha value is -1.42. The molecule has 0 spiro atoms. The molecule has 3 N–H and O–H groups in total. The summed E-state index contributed by atoms with van der Waals surface area (Å²) in [5.74, 6) is 1.30. The molecule has 1 aliphatic rings. The molecule has 1 saturated heterocycles. The molecule has 0 bridgehead atoms. The SMILES string of the molecule is CC(CCC(N)N1CCNCC1)CC(C)c1ccc2ccccc2c1. The first-order valence-corrected chi connectivity index (χ1v) is 9.82. The van der Waals surface area contributed by atoms with Crippen molar-refractivity contribution in [3.05, 3.63) is 48.0 Å². The number of piperazine rings is 1. The van der Waals surface area contributed by atoms with E-state index in [0.717, 1.165) is 32.6 Å². The zero-order valence-corrected chi connectivity index (χ0v) is 15.7. The molecule has 0 radical (unpaired) electrons. The second-order valence-corrected chi connectivity index (χ2v) is 7.78. The van der Waals surface area contributed by atoms with Gasteiger partial charge in [-0.15, -0.1) is 0 Å². The van der Waals surface area contributed by atoms with Gasteiger partial charge in [-0.25, -0.2) is 0 Å². The highest BCUT2D eigenvalue weighted by atomic mass is 15.3. The van der Waals surface area contributed by atoms with Crippen LogP contribution in [0.4, 0.5) is 0 Å². The summed E-state index contributed by atoms with van der Waals surface area (Å²) in [6.45, 7) is 9.05. The molecule has 1 heterocycles. The zero-order chi connectivity index (χ0) is 17.6.